The van der Waals surface area contributed by atoms with Crippen molar-refractivity contribution in [1.29, 1.82) is 0 Å². The summed E-state index contributed by atoms with van der Waals surface area (Å²) in [5.41, 5.74) is 3.05. The van der Waals surface area contributed by atoms with Gasteiger partial charge in [-0.15, -0.1) is 10.6 Å². The summed E-state index contributed by atoms with van der Waals surface area (Å²) < 4.78 is 0. The van der Waals surface area contributed by atoms with Crippen LogP contribution < -0.4 is 0 Å². The Bertz CT molecular complexity index is 359. The minimum Gasteiger partial charge on any atom is -0.303 e. The van der Waals surface area contributed by atoms with Crippen molar-refractivity contribution in [2.45, 2.75) is 116 Å². The summed E-state index contributed by atoms with van der Waals surface area (Å²) in [6, 6.07) is 0. The second-order valence-electron chi connectivity index (χ2n) is 7.08. The molecule has 3 nitrogen and oxygen atoms in total. The maximum Gasteiger partial charge on any atom is 0.126 e. The highest BCUT2D eigenvalue weighted by molar-refractivity contribution is 5.48. The smallest absolute Gasteiger partial charge is 0.126 e. The van der Waals surface area contributed by atoms with Crippen molar-refractivity contribution in [3.8, 4) is 0 Å². The van der Waals surface area contributed by atoms with Gasteiger partial charge in [0.15, 0.2) is 0 Å². The SMILES string of the molecule is C=C=C(CCCCCCCCCCCCCCCCCCC=O)N=O. The van der Waals surface area contributed by atoms with Crippen LogP contribution in [0.25, 0.3) is 0 Å². The normalized spacial score (nSPS) is 10.4. The molecule has 0 aliphatic rings. The van der Waals surface area contributed by atoms with E-state index in [0.717, 1.165) is 32.0 Å². The summed E-state index contributed by atoms with van der Waals surface area (Å²) in [5.74, 6) is 0. The first-order chi connectivity index (χ1) is 12.3. The zero-order chi connectivity index (χ0) is 18.4. The fourth-order valence-corrected chi connectivity index (χ4v) is 3.16. The first-order valence-electron chi connectivity index (χ1n) is 10.5. The van der Waals surface area contributed by atoms with E-state index < -0.39 is 0 Å². The number of allylic oxidation sites excluding steroid dienone is 1. The summed E-state index contributed by atoms with van der Waals surface area (Å²) >= 11 is 0. The van der Waals surface area contributed by atoms with Gasteiger partial charge in [0, 0.05) is 12.8 Å². The predicted molar refractivity (Wildman–Crippen MR) is 108 cm³/mol. The lowest BCUT2D eigenvalue weighted by Gasteiger charge is -2.03. The third kappa shape index (κ3) is 19.0. The molecule has 0 heterocycles. The summed E-state index contributed by atoms with van der Waals surface area (Å²) in [4.78, 5) is 20.5. The number of nitroso groups, excluding NO2 is 1. The number of nitrogens with zero attached hydrogens (tertiary/aromatic N) is 1. The van der Waals surface area contributed by atoms with E-state index in [1.807, 2.05) is 0 Å². The van der Waals surface area contributed by atoms with Crippen molar-refractivity contribution in [3.63, 3.8) is 0 Å². The largest absolute Gasteiger partial charge is 0.303 e. The molecule has 25 heavy (non-hydrogen) atoms. The molecule has 0 amide bonds. The van der Waals surface area contributed by atoms with Crippen LogP contribution in [-0.2, 0) is 4.79 Å². The molecule has 0 atom stereocenters. The fourth-order valence-electron chi connectivity index (χ4n) is 3.16. The van der Waals surface area contributed by atoms with Crippen molar-refractivity contribution in [1.82, 2.24) is 0 Å². The Labute approximate surface area is 155 Å². The van der Waals surface area contributed by atoms with Crippen molar-refractivity contribution in [2.75, 3.05) is 0 Å². The monoisotopic (exact) mass is 349 g/mol. The summed E-state index contributed by atoms with van der Waals surface area (Å²) in [5, 5.41) is 2.90. The van der Waals surface area contributed by atoms with Crippen molar-refractivity contribution >= 4 is 6.29 Å². The van der Waals surface area contributed by atoms with E-state index in [1.54, 1.807) is 0 Å². The van der Waals surface area contributed by atoms with Crippen LogP contribution in [-0.4, -0.2) is 6.29 Å². The van der Waals surface area contributed by atoms with E-state index in [2.05, 4.69) is 17.5 Å². The molecule has 0 N–H and O–H groups in total. The Morgan fingerprint density at radius 1 is 0.680 bits per heavy atom. The van der Waals surface area contributed by atoms with E-state index in [4.69, 9.17) is 0 Å². The molecule has 0 saturated heterocycles. The molecule has 0 aliphatic carbocycles. The van der Waals surface area contributed by atoms with Crippen molar-refractivity contribution in [2.24, 2.45) is 5.18 Å². The molecular formula is C22H39NO2. The van der Waals surface area contributed by atoms with Gasteiger partial charge in [0.2, 0.25) is 0 Å². The summed E-state index contributed by atoms with van der Waals surface area (Å²) in [7, 11) is 0. The number of rotatable bonds is 20. The Kier molecular flexibility index (Phi) is 19.8. The molecule has 0 aromatic rings. The average molecular weight is 350 g/mol. The van der Waals surface area contributed by atoms with E-state index in [-0.39, 0.29) is 0 Å². The molecule has 0 radical (unpaired) electrons. The van der Waals surface area contributed by atoms with Gasteiger partial charge in [0.25, 0.3) is 0 Å². The van der Waals surface area contributed by atoms with Gasteiger partial charge in [0.1, 0.15) is 12.0 Å². The third-order valence-electron chi connectivity index (χ3n) is 4.80. The lowest BCUT2D eigenvalue weighted by atomic mass is 10.0. The van der Waals surface area contributed by atoms with Gasteiger partial charge in [0.05, 0.1) is 0 Å². The minimum atomic E-state index is 0.470. The van der Waals surface area contributed by atoms with Crippen LogP contribution in [0.1, 0.15) is 116 Å². The second kappa shape index (κ2) is 20.8. The number of carbonyl (C=O) groups is 1. The molecule has 0 aliphatic heterocycles. The predicted octanol–water partition coefficient (Wildman–Crippen LogP) is 7.64. The second-order valence-corrected chi connectivity index (χ2v) is 7.08. The van der Waals surface area contributed by atoms with Crippen LogP contribution in [0.5, 0.6) is 0 Å². The van der Waals surface area contributed by atoms with Gasteiger partial charge < -0.3 is 4.79 Å². The van der Waals surface area contributed by atoms with Gasteiger partial charge in [-0.25, -0.2) is 0 Å². The van der Waals surface area contributed by atoms with E-state index in [0.29, 0.717) is 5.70 Å². The van der Waals surface area contributed by atoms with Crippen molar-refractivity contribution < 1.29 is 4.79 Å². The van der Waals surface area contributed by atoms with Crippen LogP contribution in [0.3, 0.4) is 0 Å². The minimum absolute atomic E-state index is 0.470. The van der Waals surface area contributed by atoms with Gasteiger partial charge in [-0.05, 0) is 18.0 Å². The average Bonchev–Trinajstić information content (AvgIpc) is 2.64. The lowest BCUT2D eigenvalue weighted by Crippen LogP contribution is -1.84. The van der Waals surface area contributed by atoms with Crippen LogP contribution in [0.4, 0.5) is 0 Å². The van der Waals surface area contributed by atoms with E-state index in [9.17, 15) is 9.70 Å². The molecule has 0 fully saturated rings. The molecule has 0 spiro atoms. The highest BCUT2D eigenvalue weighted by Gasteiger charge is 1.97. The number of carbonyl (C=O) groups excluding carboxylic acids is 1. The molecule has 3 heteroatoms. The molecule has 0 saturated carbocycles. The fraction of sp³-hybridized carbons (Fsp3) is 0.818. The van der Waals surface area contributed by atoms with Gasteiger partial charge in [-0.1, -0.05) is 96.5 Å². The van der Waals surface area contributed by atoms with Gasteiger partial charge >= 0.3 is 0 Å². The quantitative estimate of drug-likeness (QED) is 0.0980. The maximum absolute atomic E-state index is 10.3. The van der Waals surface area contributed by atoms with Crippen LogP contribution in [0.2, 0.25) is 0 Å². The molecule has 0 aromatic heterocycles. The number of hydrogen-bond donors (Lipinski definition) is 0. The molecule has 0 unspecified atom stereocenters. The Balaban J connectivity index is 3.08. The van der Waals surface area contributed by atoms with Crippen molar-refractivity contribution in [3.05, 3.63) is 22.9 Å². The molecule has 0 rings (SSSR count). The Morgan fingerprint density at radius 2 is 1.04 bits per heavy atom. The summed E-state index contributed by atoms with van der Waals surface area (Å²) in [6.45, 7) is 3.46. The first-order valence-corrected chi connectivity index (χ1v) is 10.5. The lowest BCUT2D eigenvalue weighted by molar-refractivity contribution is -0.107. The molecule has 0 bridgehead atoms. The molecule has 0 aromatic carbocycles. The van der Waals surface area contributed by atoms with E-state index in [1.165, 1.54) is 89.9 Å². The highest BCUT2D eigenvalue weighted by atomic mass is 16.3. The van der Waals surface area contributed by atoms with Gasteiger partial charge in [-0.2, -0.15) is 0 Å². The Hall–Kier alpha value is -1.21. The van der Waals surface area contributed by atoms with Gasteiger partial charge in [-0.3, -0.25) is 0 Å². The number of aldehydes is 1. The zero-order valence-electron chi connectivity index (χ0n) is 16.3. The number of hydrogen-bond acceptors (Lipinski definition) is 3. The standard InChI is InChI=1S/C22H39NO2/c1-2-22(23-25)20-18-16-14-12-10-8-6-4-3-5-7-9-11-13-15-17-19-21-24/h21H,1,3-20H2. The number of unbranched alkanes of at least 4 members (excludes halogenated alkanes) is 16. The zero-order valence-corrected chi connectivity index (χ0v) is 16.3. The molecular weight excluding hydrogens is 310 g/mol. The highest BCUT2D eigenvalue weighted by Crippen LogP contribution is 2.15. The Morgan fingerprint density at radius 3 is 1.36 bits per heavy atom. The van der Waals surface area contributed by atoms with Crippen LogP contribution >= 0.6 is 0 Å². The van der Waals surface area contributed by atoms with Crippen LogP contribution in [0, 0.1) is 4.91 Å². The van der Waals surface area contributed by atoms with E-state index >= 15 is 0 Å². The summed E-state index contributed by atoms with van der Waals surface area (Å²) in [6.07, 6.45) is 23.2. The maximum atomic E-state index is 10.3. The third-order valence-corrected chi connectivity index (χ3v) is 4.80. The first kappa shape index (κ1) is 23.8. The molecule has 144 valence electrons. The topological polar surface area (TPSA) is 46.5 Å². The van der Waals surface area contributed by atoms with Crippen LogP contribution in [0.15, 0.2) is 23.2 Å².